The minimum absolute atomic E-state index is 0.605. The van der Waals surface area contributed by atoms with E-state index in [9.17, 15) is 4.89 Å². The van der Waals surface area contributed by atoms with E-state index in [2.05, 4.69) is 50.2 Å². The van der Waals surface area contributed by atoms with Gasteiger partial charge in [0.25, 0.3) is 0 Å². The fraction of sp³-hybridized carbons (Fsp3) is 0.0667. The molecule has 3 nitrogen and oxygen atoms in total. The second kappa shape index (κ2) is 9.84. The summed E-state index contributed by atoms with van der Waals surface area (Å²) in [5.41, 5.74) is 6.34. The molecule has 2 aliphatic rings. The molecule has 1 N–H and O–H groups in total. The van der Waals surface area contributed by atoms with Crippen molar-refractivity contribution in [1.82, 2.24) is 0 Å². The van der Waals surface area contributed by atoms with Crippen LogP contribution in [0.5, 0.6) is 0 Å². The Hall–Kier alpha value is -2.95. The maximum absolute atomic E-state index is 11.1. The first-order valence-corrected chi connectivity index (χ1v) is 14.4. The molecule has 0 unspecified atom stereocenters. The highest BCUT2D eigenvalue weighted by atomic mass is 32.2. The Bertz CT molecular complexity index is 1430. The van der Waals surface area contributed by atoms with Crippen molar-refractivity contribution in [2.24, 2.45) is 0 Å². The highest BCUT2D eigenvalue weighted by Gasteiger charge is 2.25. The molecule has 0 aromatic heterocycles. The van der Waals surface area contributed by atoms with Gasteiger partial charge in [0, 0.05) is 30.7 Å². The normalized spacial score (nSPS) is 13.8. The van der Waals surface area contributed by atoms with Crippen LogP contribution >= 0.6 is 32.1 Å². The van der Waals surface area contributed by atoms with Crippen LogP contribution in [0.1, 0.15) is 33.4 Å². The highest BCUT2D eigenvalue weighted by molar-refractivity contribution is 7.99. The number of fused-ring (bicyclic) bond motifs is 4. The Morgan fingerprint density at radius 2 is 1.03 bits per heavy atom. The van der Waals surface area contributed by atoms with Crippen LogP contribution in [0, 0.1) is 13.8 Å². The predicted molar refractivity (Wildman–Crippen MR) is 151 cm³/mol. The third kappa shape index (κ3) is 4.49. The molecule has 0 spiro atoms. The van der Waals surface area contributed by atoms with E-state index in [1.54, 1.807) is 23.5 Å². The second-order valence-electron chi connectivity index (χ2n) is 8.62. The molecule has 6 rings (SSSR count). The molecule has 2 heterocycles. The Kier molecular flexibility index (Phi) is 6.41. The van der Waals surface area contributed by atoms with Gasteiger partial charge < -0.3 is 13.9 Å². The summed E-state index contributed by atoms with van der Waals surface area (Å²) in [6.07, 6.45) is 3.99. The van der Waals surface area contributed by atoms with Crippen LogP contribution in [0.2, 0.25) is 0 Å². The molecular formula is C30H23O3PS2. The van der Waals surface area contributed by atoms with Crippen LogP contribution in [0.15, 0.2) is 105 Å². The molecule has 4 aromatic rings. The summed E-state index contributed by atoms with van der Waals surface area (Å²) in [6.45, 7) is 4.20. The lowest BCUT2D eigenvalue weighted by Crippen LogP contribution is -1.96. The standard InChI is InChI=1S/C30H23O3PS2/c1-19-9-7-13-23-25(17-21-11-3-5-15-27(21)35-29(19)23)32-34(31)33-26-18-22-12-4-6-16-28(22)36-30-20(2)10-8-14-24(26)30/h3-18,31H,1-2H3. The Balaban J connectivity index is 1.37. The third-order valence-electron chi connectivity index (χ3n) is 6.14. The lowest BCUT2D eigenvalue weighted by molar-refractivity contribution is 0.348. The molecule has 0 amide bonds. The van der Waals surface area contributed by atoms with Crippen LogP contribution in [0.3, 0.4) is 0 Å². The monoisotopic (exact) mass is 526 g/mol. The number of aryl methyl sites for hydroxylation is 2. The first kappa shape index (κ1) is 23.4. The van der Waals surface area contributed by atoms with Crippen LogP contribution in [-0.4, -0.2) is 4.89 Å². The lowest BCUT2D eigenvalue weighted by Gasteiger charge is -2.19. The second-order valence-corrected chi connectivity index (χ2v) is 11.6. The molecule has 178 valence electrons. The van der Waals surface area contributed by atoms with Crippen molar-refractivity contribution in [3.05, 3.63) is 118 Å². The number of hydrogen-bond acceptors (Lipinski definition) is 5. The zero-order chi connectivity index (χ0) is 24.6. The summed E-state index contributed by atoms with van der Waals surface area (Å²) in [7, 11) is -2.25. The van der Waals surface area contributed by atoms with E-state index >= 15 is 0 Å². The van der Waals surface area contributed by atoms with Gasteiger partial charge in [-0.1, -0.05) is 96.3 Å². The van der Waals surface area contributed by atoms with Crippen molar-refractivity contribution in [2.45, 2.75) is 33.4 Å². The molecule has 2 aliphatic heterocycles. The molecule has 0 bridgehead atoms. The molecule has 0 atom stereocenters. The van der Waals surface area contributed by atoms with E-state index < -0.39 is 8.60 Å². The van der Waals surface area contributed by atoms with Gasteiger partial charge in [-0.2, -0.15) is 0 Å². The van der Waals surface area contributed by atoms with Gasteiger partial charge in [-0.25, -0.2) is 0 Å². The maximum atomic E-state index is 11.1. The molecule has 0 saturated heterocycles. The fourth-order valence-electron chi connectivity index (χ4n) is 4.35. The SMILES string of the molecule is Cc1cccc2c1Sc1ccccc1C=C2OP(O)OC1=Cc2ccccc2Sc2c(C)cccc21. The van der Waals surface area contributed by atoms with Crippen molar-refractivity contribution < 1.29 is 13.9 Å². The summed E-state index contributed by atoms with van der Waals surface area (Å²) in [5, 5.41) is 0. The van der Waals surface area contributed by atoms with Gasteiger partial charge >= 0.3 is 8.60 Å². The summed E-state index contributed by atoms with van der Waals surface area (Å²) in [4.78, 5) is 15.7. The predicted octanol–water partition coefficient (Wildman–Crippen LogP) is 9.18. The van der Waals surface area contributed by atoms with Crippen molar-refractivity contribution in [3.63, 3.8) is 0 Å². The van der Waals surface area contributed by atoms with Gasteiger partial charge in [-0.15, -0.1) is 0 Å². The molecule has 4 aromatic carbocycles. The molecule has 0 aliphatic carbocycles. The van der Waals surface area contributed by atoms with Crippen molar-refractivity contribution >= 4 is 55.8 Å². The Morgan fingerprint density at radius 1 is 0.583 bits per heavy atom. The van der Waals surface area contributed by atoms with E-state index in [1.165, 1.54) is 0 Å². The summed E-state index contributed by atoms with van der Waals surface area (Å²) in [5.74, 6) is 1.21. The third-order valence-corrected chi connectivity index (χ3v) is 9.52. The number of benzene rings is 4. The smallest absolute Gasteiger partial charge is 0.417 e. The minimum atomic E-state index is -2.25. The summed E-state index contributed by atoms with van der Waals surface area (Å²) < 4.78 is 12.4. The van der Waals surface area contributed by atoms with Crippen LogP contribution in [-0.2, 0) is 9.05 Å². The van der Waals surface area contributed by atoms with E-state index in [0.29, 0.717) is 11.5 Å². The van der Waals surface area contributed by atoms with Crippen molar-refractivity contribution in [1.29, 1.82) is 0 Å². The zero-order valence-corrected chi connectivity index (χ0v) is 22.3. The van der Waals surface area contributed by atoms with Crippen molar-refractivity contribution in [2.75, 3.05) is 0 Å². The quantitative estimate of drug-likeness (QED) is 0.268. The van der Waals surface area contributed by atoms with Gasteiger partial charge in [0.15, 0.2) is 0 Å². The van der Waals surface area contributed by atoms with E-state index in [4.69, 9.17) is 9.05 Å². The van der Waals surface area contributed by atoms with Gasteiger partial charge in [0.2, 0.25) is 0 Å². The topological polar surface area (TPSA) is 38.7 Å². The number of rotatable bonds is 4. The summed E-state index contributed by atoms with van der Waals surface area (Å²) >= 11 is 3.44. The van der Waals surface area contributed by atoms with Crippen LogP contribution < -0.4 is 0 Å². The van der Waals surface area contributed by atoms with Gasteiger partial charge in [0.05, 0.1) is 0 Å². The average molecular weight is 527 g/mol. The van der Waals surface area contributed by atoms with E-state index in [1.807, 2.05) is 60.7 Å². The first-order chi connectivity index (χ1) is 17.6. The van der Waals surface area contributed by atoms with Crippen LogP contribution in [0.4, 0.5) is 0 Å². The van der Waals surface area contributed by atoms with Crippen LogP contribution in [0.25, 0.3) is 23.7 Å². The maximum Gasteiger partial charge on any atom is 0.460 e. The van der Waals surface area contributed by atoms with Gasteiger partial charge in [-0.3, -0.25) is 0 Å². The minimum Gasteiger partial charge on any atom is -0.417 e. The van der Waals surface area contributed by atoms with E-state index in [0.717, 1.165) is 53.0 Å². The summed E-state index contributed by atoms with van der Waals surface area (Å²) in [6, 6.07) is 28.8. The van der Waals surface area contributed by atoms with Gasteiger partial charge in [-0.05, 0) is 60.4 Å². The lowest BCUT2D eigenvalue weighted by atomic mass is 10.1. The number of hydrogen-bond donors (Lipinski definition) is 1. The van der Waals surface area contributed by atoms with Crippen molar-refractivity contribution in [3.8, 4) is 0 Å². The Labute approximate surface area is 220 Å². The average Bonchev–Trinajstić information content (AvgIpc) is 3.13. The highest BCUT2D eigenvalue weighted by Crippen LogP contribution is 2.51. The molecule has 0 saturated carbocycles. The molecule has 0 radical (unpaired) electrons. The molecule has 0 fully saturated rings. The molecular weight excluding hydrogens is 503 g/mol. The fourth-order valence-corrected chi connectivity index (χ4v) is 7.26. The largest absolute Gasteiger partial charge is 0.460 e. The van der Waals surface area contributed by atoms with Gasteiger partial charge in [0.1, 0.15) is 11.5 Å². The molecule has 36 heavy (non-hydrogen) atoms. The van der Waals surface area contributed by atoms with E-state index in [-0.39, 0.29) is 0 Å². The molecule has 6 heteroatoms. The zero-order valence-electron chi connectivity index (χ0n) is 19.8. The Morgan fingerprint density at radius 3 is 1.50 bits per heavy atom. The first-order valence-electron chi connectivity index (χ1n) is 11.6.